The van der Waals surface area contributed by atoms with Crippen LogP contribution in [0.2, 0.25) is 0 Å². The maximum Gasteiger partial charge on any atom is 0.230 e. The molecule has 3 N–H and O–H groups in total. The van der Waals surface area contributed by atoms with Crippen LogP contribution in [0.15, 0.2) is 0 Å². The van der Waals surface area contributed by atoms with Gasteiger partial charge in [-0.25, -0.2) is 0 Å². The molecule has 1 saturated carbocycles. The van der Waals surface area contributed by atoms with E-state index >= 15 is 0 Å². The normalized spacial score (nSPS) is 29.9. The highest BCUT2D eigenvalue weighted by molar-refractivity contribution is 7.99. The second kappa shape index (κ2) is 8.05. The van der Waals surface area contributed by atoms with Crippen molar-refractivity contribution in [2.75, 3.05) is 11.5 Å². The zero-order valence-corrected chi connectivity index (χ0v) is 12.8. The first kappa shape index (κ1) is 15.8. The Balaban J connectivity index is 2.23. The lowest BCUT2D eigenvalue weighted by Gasteiger charge is -2.34. The minimum absolute atomic E-state index is 0.175. The third-order valence-electron chi connectivity index (χ3n) is 4.14. The number of nitrogens with two attached hydrogens (primary N) is 1. The number of carbonyl (C=O) groups excluding carboxylic acids is 1. The Hall–Kier alpha value is -0.220. The third kappa shape index (κ3) is 5.19. The van der Waals surface area contributed by atoms with Crippen molar-refractivity contribution in [3.8, 4) is 0 Å². The predicted molar refractivity (Wildman–Crippen MR) is 79.7 cm³/mol. The Labute approximate surface area is 116 Å². The highest BCUT2D eigenvalue weighted by atomic mass is 32.2. The predicted octanol–water partition coefficient (Wildman–Crippen LogP) is 2.40. The van der Waals surface area contributed by atoms with Gasteiger partial charge in [0.05, 0.1) is 5.75 Å². The minimum Gasteiger partial charge on any atom is -0.352 e. The van der Waals surface area contributed by atoms with Crippen LogP contribution >= 0.6 is 11.8 Å². The summed E-state index contributed by atoms with van der Waals surface area (Å²) in [6.07, 6.45) is 4.65. The molecule has 0 radical (unpaired) electrons. The number of nitrogens with one attached hydrogen (secondary N) is 1. The van der Waals surface area contributed by atoms with Crippen LogP contribution in [0.3, 0.4) is 0 Å². The largest absolute Gasteiger partial charge is 0.352 e. The van der Waals surface area contributed by atoms with Gasteiger partial charge in [-0.05, 0) is 24.7 Å². The van der Waals surface area contributed by atoms with Crippen molar-refractivity contribution < 1.29 is 4.79 Å². The zero-order chi connectivity index (χ0) is 13.5. The summed E-state index contributed by atoms with van der Waals surface area (Å²) in [6.45, 7) is 6.63. The standard InChI is InChI=1S/C14H28N2OS/c1-4-12(15)8-18-9-14(17)16-13-7-5-6-10(2)11(13)3/h10-13H,4-9,15H2,1-3H3,(H,16,17). The van der Waals surface area contributed by atoms with E-state index in [1.165, 1.54) is 12.8 Å². The molecule has 106 valence electrons. The molecule has 0 aromatic rings. The quantitative estimate of drug-likeness (QED) is 0.780. The second-order valence-corrected chi connectivity index (χ2v) is 6.66. The molecule has 1 aliphatic rings. The Bertz CT molecular complexity index is 260. The van der Waals surface area contributed by atoms with Crippen LogP contribution in [0.4, 0.5) is 0 Å². The topological polar surface area (TPSA) is 55.1 Å². The molecule has 0 spiro atoms. The van der Waals surface area contributed by atoms with Crippen LogP contribution < -0.4 is 11.1 Å². The lowest BCUT2D eigenvalue weighted by molar-refractivity contribution is -0.119. The maximum atomic E-state index is 11.9. The van der Waals surface area contributed by atoms with Crippen molar-refractivity contribution >= 4 is 17.7 Å². The summed E-state index contributed by atoms with van der Waals surface area (Å²) in [6, 6.07) is 0.595. The molecular weight excluding hydrogens is 244 g/mol. The summed E-state index contributed by atoms with van der Waals surface area (Å²) in [5.74, 6) is 2.93. The SMILES string of the molecule is CCC(N)CSCC(=O)NC1CCCC(C)C1C. The van der Waals surface area contributed by atoms with Crippen LogP contribution in [0.1, 0.15) is 46.5 Å². The summed E-state index contributed by atoms with van der Waals surface area (Å²) in [4.78, 5) is 11.9. The molecule has 1 rings (SSSR count). The molecule has 0 aromatic heterocycles. The number of carbonyl (C=O) groups is 1. The number of amides is 1. The van der Waals surface area contributed by atoms with Gasteiger partial charge in [0.2, 0.25) is 5.91 Å². The Morgan fingerprint density at radius 3 is 2.83 bits per heavy atom. The van der Waals surface area contributed by atoms with Gasteiger partial charge in [-0.1, -0.05) is 33.6 Å². The number of hydrogen-bond acceptors (Lipinski definition) is 3. The van der Waals surface area contributed by atoms with Crippen molar-refractivity contribution in [1.82, 2.24) is 5.32 Å². The van der Waals surface area contributed by atoms with Crippen LogP contribution in [0.25, 0.3) is 0 Å². The Morgan fingerprint density at radius 2 is 2.17 bits per heavy atom. The van der Waals surface area contributed by atoms with E-state index in [-0.39, 0.29) is 11.9 Å². The fraction of sp³-hybridized carbons (Fsp3) is 0.929. The van der Waals surface area contributed by atoms with Crippen molar-refractivity contribution in [2.24, 2.45) is 17.6 Å². The second-order valence-electron chi connectivity index (χ2n) is 5.62. The third-order valence-corrected chi connectivity index (χ3v) is 5.27. The van der Waals surface area contributed by atoms with Crippen LogP contribution in [-0.4, -0.2) is 29.5 Å². The first-order valence-electron chi connectivity index (χ1n) is 7.17. The Kier molecular flexibility index (Phi) is 7.08. The van der Waals surface area contributed by atoms with Gasteiger partial charge in [0.15, 0.2) is 0 Å². The summed E-state index contributed by atoms with van der Waals surface area (Å²) < 4.78 is 0. The Morgan fingerprint density at radius 1 is 1.44 bits per heavy atom. The smallest absolute Gasteiger partial charge is 0.230 e. The molecule has 0 saturated heterocycles. The van der Waals surface area contributed by atoms with Gasteiger partial charge in [-0.15, -0.1) is 0 Å². The highest BCUT2D eigenvalue weighted by Crippen LogP contribution is 2.29. The number of rotatable bonds is 6. The van der Waals surface area contributed by atoms with Crippen LogP contribution in [0.5, 0.6) is 0 Å². The summed E-state index contributed by atoms with van der Waals surface area (Å²) >= 11 is 1.65. The average molecular weight is 272 g/mol. The van der Waals surface area contributed by atoms with E-state index in [2.05, 4.69) is 26.1 Å². The molecule has 3 nitrogen and oxygen atoms in total. The molecule has 0 bridgehead atoms. The molecule has 4 atom stereocenters. The van der Waals surface area contributed by atoms with Crippen molar-refractivity contribution in [2.45, 2.75) is 58.5 Å². The first-order valence-corrected chi connectivity index (χ1v) is 8.32. The number of thioether (sulfide) groups is 1. The van der Waals surface area contributed by atoms with Crippen molar-refractivity contribution in [3.63, 3.8) is 0 Å². The molecule has 1 aliphatic carbocycles. The molecule has 0 aromatic carbocycles. The minimum atomic E-state index is 0.175. The van der Waals surface area contributed by atoms with Crippen molar-refractivity contribution in [3.05, 3.63) is 0 Å². The molecule has 0 heterocycles. The molecule has 0 aliphatic heterocycles. The molecule has 18 heavy (non-hydrogen) atoms. The fourth-order valence-electron chi connectivity index (χ4n) is 2.46. The van der Waals surface area contributed by atoms with E-state index in [0.29, 0.717) is 17.7 Å². The van der Waals surface area contributed by atoms with Crippen LogP contribution in [0, 0.1) is 11.8 Å². The molecule has 1 amide bonds. The first-order chi connectivity index (χ1) is 8.54. The summed E-state index contributed by atoms with van der Waals surface area (Å²) in [7, 11) is 0. The zero-order valence-electron chi connectivity index (χ0n) is 11.9. The lowest BCUT2D eigenvalue weighted by Crippen LogP contribution is -2.44. The van der Waals surface area contributed by atoms with Gasteiger partial charge >= 0.3 is 0 Å². The molecule has 1 fully saturated rings. The summed E-state index contributed by atoms with van der Waals surface area (Å²) in [5, 5.41) is 3.19. The van der Waals surface area contributed by atoms with Gasteiger partial charge < -0.3 is 11.1 Å². The van der Waals surface area contributed by atoms with Gasteiger partial charge in [-0.2, -0.15) is 11.8 Å². The fourth-order valence-corrected chi connectivity index (χ4v) is 3.38. The highest BCUT2D eigenvalue weighted by Gasteiger charge is 2.27. The van der Waals surface area contributed by atoms with E-state index in [1.54, 1.807) is 11.8 Å². The maximum absolute atomic E-state index is 11.9. The van der Waals surface area contributed by atoms with Gasteiger partial charge in [0.1, 0.15) is 0 Å². The monoisotopic (exact) mass is 272 g/mol. The molecular formula is C14H28N2OS. The number of hydrogen-bond donors (Lipinski definition) is 2. The molecule has 4 unspecified atom stereocenters. The molecule has 4 heteroatoms. The lowest BCUT2D eigenvalue weighted by atomic mass is 9.78. The van der Waals surface area contributed by atoms with Gasteiger partial charge in [-0.3, -0.25) is 4.79 Å². The van der Waals surface area contributed by atoms with Crippen LogP contribution in [-0.2, 0) is 4.79 Å². The van der Waals surface area contributed by atoms with E-state index in [4.69, 9.17) is 5.73 Å². The van der Waals surface area contributed by atoms with Gasteiger partial charge in [0, 0.05) is 17.8 Å². The van der Waals surface area contributed by atoms with Gasteiger partial charge in [0.25, 0.3) is 0 Å². The summed E-state index contributed by atoms with van der Waals surface area (Å²) in [5.41, 5.74) is 5.83. The van der Waals surface area contributed by atoms with E-state index < -0.39 is 0 Å². The van der Waals surface area contributed by atoms with E-state index in [9.17, 15) is 4.79 Å². The van der Waals surface area contributed by atoms with Crippen molar-refractivity contribution in [1.29, 1.82) is 0 Å². The van der Waals surface area contributed by atoms with E-state index in [0.717, 1.165) is 24.5 Å². The van der Waals surface area contributed by atoms with E-state index in [1.807, 2.05) is 0 Å². The average Bonchev–Trinajstić information content (AvgIpc) is 2.34.